The first-order valence-corrected chi connectivity index (χ1v) is 6.94. The van der Waals surface area contributed by atoms with Gasteiger partial charge < -0.3 is 10.5 Å². The molecule has 1 aliphatic rings. The van der Waals surface area contributed by atoms with Crippen LogP contribution in [0.25, 0.3) is 0 Å². The van der Waals surface area contributed by atoms with Gasteiger partial charge in [0.05, 0.1) is 7.11 Å². The molecule has 0 atom stereocenters. The van der Waals surface area contributed by atoms with E-state index in [1.165, 1.54) is 17.5 Å². The summed E-state index contributed by atoms with van der Waals surface area (Å²) in [5.74, 6) is 1.38. The molecule has 0 bridgehead atoms. The molecule has 1 saturated carbocycles. The minimum Gasteiger partial charge on any atom is -0.496 e. The van der Waals surface area contributed by atoms with Crippen molar-refractivity contribution in [3.63, 3.8) is 0 Å². The van der Waals surface area contributed by atoms with Gasteiger partial charge in [-0.2, -0.15) is 0 Å². The van der Waals surface area contributed by atoms with Crippen molar-refractivity contribution in [2.45, 2.75) is 44.6 Å². The van der Waals surface area contributed by atoms with Crippen LogP contribution in [0, 0.1) is 0 Å². The van der Waals surface area contributed by atoms with Gasteiger partial charge in [0.25, 0.3) is 0 Å². The van der Waals surface area contributed by atoms with Crippen LogP contribution in [-0.2, 0) is 5.54 Å². The zero-order valence-electron chi connectivity index (χ0n) is 10.7. The molecule has 1 fully saturated rings. The van der Waals surface area contributed by atoms with Crippen molar-refractivity contribution in [2.75, 3.05) is 7.11 Å². The topological polar surface area (TPSA) is 35.2 Å². The van der Waals surface area contributed by atoms with Gasteiger partial charge in [-0.1, -0.05) is 29.8 Å². The molecule has 0 radical (unpaired) electrons. The predicted molar refractivity (Wildman–Crippen MR) is 74.5 cm³/mol. The molecule has 3 heteroatoms. The highest BCUT2D eigenvalue weighted by atomic mass is 79.9. The zero-order chi connectivity index (χ0) is 12.6. The van der Waals surface area contributed by atoms with Gasteiger partial charge >= 0.3 is 0 Å². The summed E-state index contributed by atoms with van der Waals surface area (Å²) in [6.45, 7) is 4.34. The summed E-state index contributed by atoms with van der Waals surface area (Å²) < 4.78 is 6.62. The normalized spacial score (nSPS) is 18.0. The molecule has 0 heterocycles. The number of halogens is 1. The second kappa shape index (κ2) is 4.62. The molecule has 2 rings (SSSR count). The monoisotopic (exact) mass is 297 g/mol. The summed E-state index contributed by atoms with van der Waals surface area (Å²) >= 11 is 3.65. The maximum atomic E-state index is 6.37. The number of methoxy groups -OCH3 is 1. The summed E-state index contributed by atoms with van der Waals surface area (Å²) in [5, 5.41) is 0. The Morgan fingerprint density at radius 2 is 2.00 bits per heavy atom. The molecule has 0 aromatic heterocycles. The lowest BCUT2D eigenvalue weighted by Crippen LogP contribution is -2.43. The molecule has 0 amide bonds. The first-order valence-electron chi connectivity index (χ1n) is 6.15. The van der Waals surface area contributed by atoms with Gasteiger partial charge in [0.1, 0.15) is 5.75 Å². The largest absolute Gasteiger partial charge is 0.496 e. The van der Waals surface area contributed by atoms with E-state index in [0.717, 1.165) is 23.1 Å². The molecule has 1 aliphatic carbocycles. The Balaban J connectivity index is 2.48. The van der Waals surface area contributed by atoms with Crippen molar-refractivity contribution in [3.05, 3.63) is 27.7 Å². The number of hydrogen-bond donors (Lipinski definition) is 1. The van der Waals surface area contributed by atoms with E-state index in [0.29, 0.717) is 5.92 Å². The first kappa shape index (κ1) is 12.9. The summed E-state index contributed by atoms with van der Waals surface area (Å²) in [7, 11) is 1.72. The molecule has 2 N–H and O–H groups in total. The third kappa shape index (κ3) is 2.23. The smallest absolute Gasteiger partial charge is 0.123 e. The molecule has 94 valence electrons. The lowest BCUT2D eigenvalue weighted by Gasteiger charge is -2.39. The molecule has 0 spiro atoms. The van der Waals surface area contributed by atoms with E-state index in [-0.39, 0.29) is 5.54 Å². The molecule has 1 aromatic rings. The summed E-state index contributed by atoms with van der Waals surface area (Å²) in [6.07, 6.45) is 3.37. The second-order valence-corrected chi connectivity index (χ2v) is 6.09. The molecule has 17 heavy (non-hydrogen) atoms. The van der Waals surface area contributed by atoms with E-state index in [2.05, 4.69) is 41.9 Å². The standard InChI is InChI=1S/C14H20BrNO/c1-9(2)13-11(15)7-10(8-12(13)17-3)14(16)5-4-6-14/h7-9H,4-6,16H2,1-3H3. The second-order valence-electron chi connectivity index (χ2n) is 5.24. The Hall–Kier alpha value is -0.540. The highest BCUT2D eigenvalue weighted by molar-refractivity contribution is 9.10. The first-order chi connectivity index (χ1) is 7.98. The molecular weight excluding hydrogens is 278 g/mol. The Morgan fingerprint density at radius 1 is 1.35 bits per heavy atom. The molecule has 2 nitrogen and oxygen atoms in total. The number of rotatable bonds is 3. The lowest BCUT2D eigenvalue weighted by molar-refractivity contribution is 0.252. The van der Waals surface area contributed by atoms with Crippen molar-refractivity contribution in [1.29, 1.82) is 0 Å². The van der Waals surface area contributed by atoms with Crippen LogP contribution in [0.5, 0.6) is 5.75 Å². The highest BCUT2D eigenvalue weighted by Gasteiger charge is 2.35. The van der Waals surface area contributed by atoms with E-state index in [1.54, 1.807) is 7.11 Å². The zero-order valence-corrected chi connectivity index (χ0v) is 12.3. The van der Waals surface area contributed by atoms with Gasteiger partial charge in [0, 0.05) is 15.6 Å². The number of hydrogen-bond acceptors (Lipinski definition) is 2. The molecule has 1 aromatic carbocycles. The van der Waals surface area contributed by atoms with Crippen LogP contribution >= 0.6 is 15.9 Å². The third-order valence-electron chi connectivity index (χ3n) is 3.71. The van der Waals surface area contributed by atoms with Gasteiger partial charge in [-0.15, -0.1) is 0 Å². The van der Waals surface area contributed by atoms with E-state index in [1.807, 2.05) is 0 Å². The van der Waals surface area contributed by atoms with Gasteiger partial charge in [-0.3, -0.25) is 0 Å². The SMILES string of the molecule is COc1cc(C2(N)CCC2)cc(Br)c1C(C)C. The highest BCUT2D eigenvalue weighted by Crippen LogP contribution is 2.43. The van der Waals surface area contributed by atoms with Crippen molar-refractivity contribution in [2.24, 2.45) is 5.73 Å². The van der Waals surface area contributed by atoms with Crippen LogP contribution in [0.2, 0.25) is 0 Å². The quantitative estimate of drug-likeness (QED) is 0.918. The summed E-state index contributed by atoms with van der Waals surface area (Å²) in [4.78, 5) is 0. The van der Waals surface area contributed by atoms with Crippen LogP contribution in [-0.4, -0.2) is 7.11 Å². The molecule has 0 saturated heterocycles. The van der Waals surface area contributed by atoms with E-state index < -0.39 is 0 Å². The van der Waals surface area contributed by atoms with Crippen molar-refractivity contribution >= 4 is 15.9 Å². The van der Waals surface area contributed by atoms with Gasteiger partial charge in [0.2, 0.25) is 0 Å². The number of ether oxygens (including phenoxy) is 1. The van der Waals surface area contributed by atoms with Crippen LogP contribution in [0.15, 0.2) is 16.6 Å². The fourth-order valence-electron chi connectivity index (χ4n) is 2.46. The Bertz CT molecular complexity index is 424. The number of benzene rings is 1. The average Bonchev–Trinajstić information content (AvgIpc) is 2.23. The number of nitrogens with two attached hydrogens (primary N) is 1. The van der Waals surface area contributed by atoms with Crippen LogP contribution in [0.4, 0.5) is 0 Å². The van der Waals surface area contributed by atoms with Crippen molar-refractivity contribution in [3.8, 4) is 5.75 Å². The molecular formula is C14H20BrNO. The van der Waals surface area contributed by atoms with Gasteiger partial charge in [-0.25, -0.2) is 0 Å². The van der Waals surface area contributed by atoms with Gasteiger partial charge in [0.15, 0.2) is 0 Å². The van der Waals surface area contributed by atoms with Crippen molar-refractivity contribution in [1.82, 2.24) is 0 Å². The van der Waals surface area contributed by atoms with Crippen molar-refractivity contribution < 1.29 is 4.74 Å². The Kier molecular flexibility index (Phi) is 3.50. The van der Waals surface area contributed by atoms with Crippen LogP contribution < -0.4 is 10.5 Å². The fourth-order valence-corrected chi connectivity index (χ4v) is 3.36. The fraction of sp³-hybridized carbons (Fsp3) is 0.571. The average molecular weight is 298 g/mol. The maximum Gasteiger partial charge on any atom is 0.123 e. The summed E-state index contributed by atoms with van der Waals surface area (Å²) in [6, 6.07) is 4.27. The predicted octanol–water partition coefficient (Wildman–Crippen LogP) is 3.92. The lowest BCUT2D eigenvalue weighted by atomic mass is 9.72. The van der Waals surface area contributed by atoms with E-state index >= 15 is 0 Å². The minimum atomic E-state index is -0.134. The Morgan fingerprint density at radius 3 is 2.41 bits per heavy atom. The molecule has 0 unspecified atom stereocenters. The van der Waals surface area contributed by atoms with Gasteiger partial charge in [-0.05, 0) is 42.9 Å². The minimum absolute atomic E-state index is 0.134. The third-order valence-corrected chi connectivity index (χ3v) is 4.37. The van der Waals surface area contributed by atoms with E-state index in [9.17, 15) is 0 Å². The maximum absolute atomic E-state index is 6.37. The Labute approximate surface area is 112 Å². The van der Waals surface area contributed by atoms with Crippen LogP contribution in [0.1, 0.15) is 50.2 Å². The summed E-state index contributed by atoms with van der Waals surface area (Å²) in [5.41, 5.74) is 8.65. The molecule has 0 aliphatic heterocycles. The van der Waals surface area contributed by atoms with E-state index in [4.69, 9.17) is 10.5 Å². The van der Waals surface area contributed by atoms with Crippen LogP contribution in [0.3, 0.4) is 0 Å².